The fourth-order valence-electron chi connectivity index (χ4n) is 5.29. The molecule has 0 atom stereocenters. The van der Waals surface area contributed by atoms with E-state index in [0.717, 1.165) is 16.7 Å². The number of benzene rings is 2. The highest BCUT2D eigenvalue weighted by atomic mass is 19.1. The molecule has 2 amide bonds. The van der Waals surface area contributed by atoms with Gasteiger partial charge < -0.3 is 29.7 Å². The van der Waals surface area contributed by atoms with Crippen LogP contribution in [0.1, 0.15) is 39.9 Å². The lowest BCUT2D eigenvalue weighted by molar-refractivity contribution is 0.0805. The molecule has 0 aliphatic carbocycles. The fourth-order valence-corrected chi connectivity index (χ4v) is 5.29. The first kappa shape index (κ1) is 29.7. The first-order valence-corrected chi connectivity index (χ1v) is 14.2. The molecule has 1 aliphatic rings. The maximum atomic E-state index is 13.7. The van der Waals surface area contributed by atoms with Crippen LogP contribution in [0.25, 0.3) is 11.0 Å². The lowest BCUT2D eigenvalue weighted by Gasteiger charge is -2.32. The molecule has 3 N–H and O–H groups in total. The summed E-state index contributed by atoms with van der Waals surface area (Å²) in [4.78, 5) is 45.2. The van der Waals surface area contributed by atoms with E-state index in [2.05, 4.69) is 10.3 Å². The van der Waals surface area contributed by atoms with Gasteiger partial charge in [-0.25, -0.2) is 9.18 Å². The summed E-state index contributed by atoms with van der Waals surface area (Å²) in [5.74, 6) is -1.68. The van der Waals surface area contributed by atoms with Crippen LogP contribution >= 0.6 is 0 Å². The minimum absolute atomic E-state index is 0.00211. The summed E-state index contributed by atoms with van der Waals surface area (Å²) in [6.07, 6.45) is 2.77. The number of amides is 2. The Morgan fingerprint density at radius 1 is 1.02 bits per heavy atom. The van der Waals surface area contributed by atoms with Crippen molar-refractivity contribution in [3.05, 3.63) is 105 Å². The van der Waals surface area contributed by atoms with Gasteiger partial charge >= 0.3 is 6.09 Å². The lowest BCUT2D eigenvalue weighted by Crippen LogP contribution is -2.41. The summed E-state index contributed by atoms with van der Waals surface area (Å²) in [6, 6.07) is 17.2. The third kappa shape index (κ3) is 7.00. The Bertz CT molecular complexity index is 1650. The molecule has 0 unspecified atom stereocenters. The van der Waals surface area contributed by atoms with E-state index >= 15 is 0 Å². The van der Waals surface area contributed by atoms with Crippen LogP contribution in [0.2, 0.25) is 0 Å². The fraction of sp³-hybridized carbons (Fsp3) is 0.312. The highest BCUT2D eigenvalue weighted by Crippen LogP contribution is 2.28. The third-order valence-corrected chi connectivity index (χ3v) is 7.60. The van der Waals surface area contributed by atoms with Gasteiger partial charge in [-0.05, 0) is 60.1 Å². The quantitative estimate of drug-likeness (QED) is 0.272. The first-order valence-electron chi connectivity index (χ1n) is 14.2. The van der Waals surface area contributed by atoms with E-state index in [-0.39, 0.29) is 43.6 Å². The zero-order valence-electron chi connectivity index (χ0n) is 23.5. The number of aliphatic hydroxyl groups excluding tert-OH is 1. The number of nitrogens with one attached hydrogen (secondary N) is 1. The molecule has 3 heterocycles. The molecule has 11 heteroatoms. The van der Waals surface area contributed by atoms with E-state index in [4.69, 9.17) is 9.84 Å². The van der Waals surface area contributed by atoms with Gasteiger partial charge in [0.15, 0.2) is 5.75 Å². The summed E-state index contributed by atoms with van der Waals surface area (Å²) in [7, 11) is 0. The topological polar surface area (TPSA) is 134 Å². The highest BCUT2D eigenvalue weighted by Gasteiger charge is 2.28. The SMILES string of the molecule is O=C(NCCO)c1c(O)c2ncc(Cc3ccc(F)cc3)cc2n(CC2CCN(C(=O)OCc3ccccc3)CC2)c1=O. The van der Waals surface area contributed by atoms with E-state index in [9.17, 15) is 23.9 Å². The van der Waals surface area contributed by atoms with Crippen molar-refractivity contribution in [2.45, 2.75) is 32.4 Å². The Morgan fingerprint density at radius 2 is 1.74 bits per heavy atom. The van der Waals surface area contributed by atoms with Crippen molar-refractivity contribution < 1.29 is 28.9 Å². The average Bonchev–Trinajstić information content (AvgIpc) is 3.02. The van der Waals surface area contributed by atoms with E-state index in [0.29, 0.717) is 37.9 Å². The van der Waals surface area contributed by atoms with Gasteiger partial charge in [0.1, 0.15) is 23.5 Å². The molecule has 43 heavy (non-hydrogen) atoms. The molecule has 0 saturated carbocycles. The van der Waals surface area contributed by atoms with E-state index in [1.807, 2.05) is 30.3 Å². The normalized spacial score (nSPS) is 13.7. The van der Waals surface area contributed by atoms with Crippen LogP contribution in [0.5, 0.6) is 5.75 Å². The number of fused-ring (bicyclic) bond motifs is 1. The summed E-state index contributed by atoms with van der Waals surface area (Å²) < 4.78 is 20.3. The number of rotatable bonds is 9. The van der Waals surface area contributed by atoms with Crippen molar-refractivity contribution in [1.82, 2.24) is 19.8 Å². The van der Waals surface area contributed by atoms with Gasteiger partial charge in [0.25, 0.3) is 11.5 Å². The summed E-state index contributed by atoms with van der Waals surface area (Å²) in [5, 5.41) is 22.5. The number of hydrogen-bond acceptors (Lipinski definition) is 7. The van der Waals surface area contributed by atoms with Crippen LogP contribution < -0.4 is 10.9 Å². The molecule has 224 valence electrons. The number of halogens is 1. The van der Waals surface area contributed by atoms with Gasteiger partial charge in [0.2, 0.25) is 0 Å². The number of piperidine rings is 1. The molecule has 5 rings (SSSR count). The van der Waals surface area contributed by atoms with Crippen molar-refractivity contribution in [2.24, 2.45) is 5.92 Å². The molecule has 0 bridgehead atoms. The van der Waals surface area contributed by atoms with E-state index < -0.39 is 28.9 Å². The molecule has 0 spiro atoms. The molecule has 1 aliphatic heterocycles. The summed E-state index contributed by atoms with van der Waals surface area (Å²) in [5.41, 5.74) is 1.82. The summed E-state index contributed by atoms with van der Waals surface area (Å²) >= 11 is 0. The molecular weight excluding hydrogens is 555 g/mol. The van der Waals surface area contributed by atoms with Gasteiger partial charge in [0, 0.05) is 32.4 Å². The van der Waals surface area contributed by atoms with Crippen molar-refractivity contribution in [3.63, 3.8) is 0 Å². The van der Waals surface area contributed by atoms with Crippen molar-refractivity contribution in [1.29, 1.82) is 0 Å². The number of hydrogen-bond donors (Lipinski definition) is 3. The van der Waals surface area contributed by atoms with Crippen LogP contribution in [-0.2, 0) is 24.3 Å². The maximum Gasteiger partial charge on any atom is 0.410 e. The molecular formula is C32H33FN4O6. The van der Waals surface area contributed by atoms with Crippen LogP contribution in [0.15, 0.2) is 71.7 Å². The smallest absolute Gasteiger partial charge is 0.410 e. The van der Waals surface area contributed by atoms with Crippen LogP contribution in [-0.4, -0.2) is 62.9 Å². The van der Waals surface area contributed by atoms with Gasteiger partial charge in [-0.2, -0.15) is 0 Å². The number of likely N-dealkylation sites (tertiary alicyclic amines) is 1. The standard InChI is InChI=1S/C32H33FN4O6/c33-25-8-6-21(7-9-25)16-24-17-26-28(35-18-24)29(39)27(30(40)34-12-15-38)31(41)37(26)19-22-10-13-36(14-11-22)32(42)43-20-23-4-2-1-3-5-23/h1-9,17-18,22,38-39H,10-16,19-20H2,(H,34,40). The molecule has 0 radical (unpaired) electrons. The minimum atomic E-state index is -0.805. The number of ether oxygens (including phenoxy) is 1. The van der Waals surface area contributed by atoms with Gasteiger partial charge in [-0.15, -0.1) is 0 Å². The number of carbonyl (C=O) groups is 2. The summed E-state index contributed by atoms with van der Waals surface area (Å²) in [6.45, 7) is 0.902. The van der Waals surface area contributed by atoms with Gasteiger partial charge in [-0.1, -0.05) is 42.5 Å². The second kappa shape index (κ2) is 13.5. The van der Waals surface area contributed by atoms with E-state index in [1.54, 1.807) is 29.3 Å². The third-order valence-electron chi connectivity index (χ3n) is 7.60. The largest absolute Gasteiger partial charge is 0.505 e. The Kier molecular flexibility index (Phi) is 9.31. The van der Waals surface area contributed by atoms with Crippen molar-refractivity contribution in [3.8, 4) is 5.75 Å². The second-order valence-electron chi connectivity index (χ2n) is 10.6. The molecule has 2 aromatic carbocycles. The average molecular weight is 589 g/mol. The van der Waals surface area contributed by atoms with Crippen molar-refractivity contribution in [2.75, 3.05) is 26.2 Å². The number of aromatic hydroxyl groups is 1. The Morgan fingerprint density at radius 3 is 2.44 bits per heavy atom. The molecule has 1 fully saturated rings. The monoisotopic (exact) mass is 588 g/mol. The minimum Gasteiger partial charge on any atom is -0.505 e. The maximum absolute atomic E-state index is 13.7. The van der Waals surface area contributed by atoms with Crippen LogP contribution in [0, 0.1) is 11.7 Å². The van der Waals surface area contributed by atoms with Gasteiger partial charge in [0.05, 0.1) is 12.1 Å². The molecule has 1 saturated heterocycles. The molecule has 4 aromatic rings. The lowest BCUT2D eigenvalue weighted by atomic mass is 9.96. The molecule has 2 aromatic heterocycles. The first-order chi connectivity index (χ1) is 20.8. The van der Waals surface area contributed by atoms with Crippen molar-refractivity contribution >= 4 is 23.0 Å². The number of pyridine rings is 2. The Labute approximate surface area is 247 Å². The zero-order chi connectivity index (χ0) is 30.3. The van der Waals surface area contributed by atoms with Crippen LogP contribution in [0.4, 0.5) is 9.18 Å². The zero-order valence-corrected chi connectivity index (χ0v) is 23.5. The van der Waals surface area contributed by atoms with Crippen LogP contribution in [0.3, 0.4) is 0 Å². The number of nitrogens with zero attached hydrogens (tertiary/aromatic N) is 3. The number of aromatic nitrogens is 2. The second-order valence-corrected chi connectivity index (χ2v) is 10.6. The highest BCUT2D eigenvalue weighted by molar-refractivity contribution is 6.01. The number of carbonyl (C=O) groups excluding carboxylic acids is 2. The Balaban J connectivity index is 1.38. The number of aliphatic hydroxyl groups is 1. The molecule has 10 nitrogen and oxygen atoms in total. The predicted molar refractivity (Wildman–Crippen MR) is 157 cm³/mol. The predicted octanol–water partition coefficient (Wildman–Crippen LogP) is 3.60. The van der Waals surface area contributed by atoms with E-state index in [1.165, 1.54) is 16.7 Å². The Hall–Kier alpha value is -4.77. The van der Waals surface area contributed by atoms with Gasteiger partial charge in [-0.3, -0.25) is 14.6 Å².